The summed E-state index contributed by atoms with van der Waals surface area (Å²) in [7, 11) is 0. The van der Waals surface area contributed by atoms with Gasteiger partial charge in [-0.2, -0.15) is 0 Å². The number of benzene rings is 2. The number of carbonyl (C=O) groups is 2. The molecule has 2 aromatic rings. The van der Waals surface area contributed by atoms with Gasteiger partial charge in [-0.25, -0.2) is 0 Å². The highest BCUT2D eigenvalue weighted by Crippen LogP contribution is 2.19. The summed E-state index contributed by atoms with van der Waals surface area (Å²) in [4.78, 5) is 26.8. The summed E-state index contributed by atoms with van der Waals surface area (Å²) in [5, 5.41) is 3.61. The highest BCUT2D eigenvalue weighted by atomic mass is 127. The van der Waals surface area contributed by atoms with E-state index in [-0.39, 0.29) is 17.9 Å². The fourth-order valence-electron chi connectivity index (χ4n) is 2.92. The van der Waals surface area contributed by atoms with Crippen LogP contribution in [0.4, 0.5) is 0 Å². The van der Waals surface area contributed by atoms with Gasteiger partial charge in [0.2, 0.25) is 0 Å². The Kier molecular flexibility index (Phi) is 5.96. The first kappa shape index (κ1) is 18.2. The lowest BCUT2D eigenvalue weighted by Gasteiger charge is -2.32. The van der Waals surface area contributed by atoms with Crippen LogP contribution in [0.25, 0.3) is 0 Å². The number of likely N-dealkylation sites (tertiary alicyclic amines) is 1. The summed E-state index contributed by atoms with van der Waals surface area (Å²) in [6.45, 7) is 1.29. The van der Waals surface area contributed by atoms with E-state index in [9.17, 15) is 9.59 Å². The molecule has 130 valence electrons. The zero-order chi connectivity index (χ0) is 17.8. The monoisotopic (exact) mass is 468 g/mol. The maximum absolute atomic E-state index is 12.5. The molecule has 1 aliphatic heterocycles. The van der Waals surface area contributed by atoms with Gasteiger partial charge in [-0.3, -0.25) is 9.59 Å². The molecule has 2 aromatic carbocycles. The molecule has 25 heavy (non-hydrogen) atoms. The van der Waals surface area contributed by atoms with Gasteiger partial charge >= 0.3 is 0 Å². The zero-order valence-corrected chi connectivity index (χ0v) is 16.5. The van der Waals surface area contributed by atoms with Crippen LogP contribution in [0.3, 0.4) is 0 Å². The molecule has 2 amide bonds. The van der Waals surface area contributed by atoms with Gasteiger partial charge in [-0.05, 0) is 65.8 Å². The molecule has 0 radical (unpaired) electrons. The number of rotatable bonds is 3. The van der Waals surface area contributed by atoms with Gasteiger partial charge in [0.25, 0.3) is 11.8 Å². The SMILES string of the molecule is O=C(NC1CCN(C(=O)c2ccccc2)CC1)c1cc(Cl)ccc1I. The molecule has 0 bridgehead atoms. The fourth-order valence-corrected chi connectivity index (χ4v) is 3.68. The summed E-state index contributed by atoms with van der Waals surface area (Å²) < 4.78 is 0.871. The fraction of sp³-hybridized carbons (Fsp3) is 0.263. The number of amides is 2. The highest BCUT2D eigenvalue weighted by Gasteiger charge is 2.25. The predicted octanol–water partition coefficient (Wildman–Crippen LogP) is 3.98. The number of hydrogen-bond donors (Lipinski definition) is 1. The Balaban J connectivity index is 1.57. The van der Waals surface area contributed by atoms with Crippen molar-refractivity contribution >= 4 is 46.0 Å². The average Bonchev–Trinajstić information content (AvgIpc) is 2.64. The first-order valence-corrected chi connectivity index (χ1v) is 9.60. The maximum atomic E-state index is 12.5. The third-order valence-electron chi connectivity index (χ3n) is 4.31. The van der Waals surface area contributed by atoms with Crippen molar-refractivity contribution in [2.45, 2.75) is 18.9 Å². The average molecular weight is 469 g/mol. The standard InChI is InChI=1S/C19H18ClIN2O2/c20-14-6-7-17(21)16(12-14)18(24)22-15-8-10-23(11-9-15)19(25)13-4-2-1-3-5-13/h1-7,12,15H,8-11H2,(H,22,24). The molecular weight excluding hydrogens is 451 g/mol. The Hall–Kier alpha value is -1.60. The second-order valence-electron chi connectivity index (χ2n) is 6.03. The number of carbonyl (C=O) groups excluding carboxylic acids is 2. The van der Waals surface area contributed by atoms with Crippen LogP contribution in [0.2, 0.25) is 5.02 Å². The van der Waals surface area contributed by atoms with Gasteiger partial charge in [-0.15, -0.1) is 0 Å². The van der Waals surface area contributed by atoms with Crippen molar-refractivity contribution in [2.24, 2.45) is 0 Å². The number of hydrogen-bond acceptors (Lipinski definition) is 2. The van der Waals surface area contributed by atoms with E-state index >= 15 is 0 Å². The van der Waals surface area contributed by atoms with E-state index in [4.69, 9.17) is 11.6 Å². The highest BCUT2D eigenvalue weighted by molar-refractivity contribution is 14.1. The second kappa shape index (κ2) is 8.19. The van der Waals surface area contributed by atoms with Gasteiger partial charge < -0.3 is 10.2 Å². The lowest BCUT2D eigenvalue weighted by molar-refractivity contribution is 0.0698. The molecule has 0 atom stereocenters. The Morgan fingerprint density at radius 3 is 2.44 bits per heavy atom. The summed E-state index contributed by atoms with van der Waals surface area (Å²) >= 11 is 8.12. The van der Waals surface area contributed by atoms with Crippen LogP contribution in [-0.2, 0) is 0 Å². The van der Waals surface area contributed by atoms with Crippen LogP contribution in [0.15, 0.2) is 48.5 Å². The first-order chi connectivity index (χ1) is 12.0. The smallest absolute Gasteiger partial charge is 0.253 e. The van der Waals surface area contributed by atoms with Crippen LogP contribution in [0, 0.1) is 3.57 Å². The molecular formula is C19H18ClIN2O2. The molecule has 0 aromatic heterocycles. The Morgan fingerprint density at radius 1 is 1.08 bits per heavy atom. The van der Waals surface area contributed by atoms with Gasteiger partial charge in [0.05, 0.1) is 5.56 Å². The Labute approximate surface area is 165 Å². The van der Waals surface area contributed by atoms with Crippen molar-refractivity contribution in [2.75, 3.05) is 13.1 Å². The summed E-state index contributed by atoms with van der Waals surface area (Å²) in [5.41, 5.74) is 1.30. The molecule has 6 heteroatoms. The van der Waals surface area contributed by atoms with Crippen molar-refractivity contribution in [1.29, 1.82) is 0 Å². The minimum absolute atomic E-state index is 0.0507. The van der Waals surface area contributed by atoms with Gasteiger partial charge in [0.1, 0.15) is 0 Å². The lowest BCUT2D eigenvalue weighted by atomic mass is 10.0. The largest absolute Gasteiger partial charge is 0.349 e. The van der Waals surface area contributed by atoms with E-state index in [1.165, 1.54) is 0 Å². The minimum atomic E-state index is -0.111. The van der Waals surface area contributed by atoms with Gasteiger partial charge in [0, 0.05) is 33.3 Å². The number of nitrogens with zero attached hydrogens (tertiary/aromatic N) is 1. The molecule has 0 spiro atoms. The molecule has 1 saturated heterocycles. The lowest BCUT2D eigenvalue weighted by Crippen LogP contribution is -2.46. The third kappa shape index (κ3) is 4.52. The van der Waals surface area contributed by atoms with E-state index in [1.54, 1.807) is 12.1 Å². The van der Waals surface area contributed by atoms with E-state index in [0.29, 0.717) is 29.2 Å². The molecule has 0 unspecified atom stereocenters. The number of halogens is 2. The van der Waals surface area contributed by atoms with E-state index < -0.39 is 0 Å². The van der Waals surface area contributed by atoms with E-state index in [2.05, 4.69) is 27.9 Å². The Bertz CT molecular complexity index is 774. The normalized spacial score (nSPS) is 15.0. The van der Waals surface area contributed by atoms with Crippen LogP contribution < -0.4 is 5.32 Å². The summed E-state index contributed by atoms with van der Waals surface area (Å²) in [6, 6.07) is 14.7. The zero-order valence-electron chi connectivity index (χ0n) is 13.5. The number of nitrogens with one attached hydrogen (secondary N) is 1. The van der Waals surface area contributed by atoms with Crippen LogP contribution in [0.1, 0.15) is 33.6 Å². The topological polar surface area (TPSA) is 49.4 Å². The summed E-state index contributed by atoms with van der Waals surface area (Å²) in [6.07, 6.45) is 1.50. The molecule has 1 aliphatic rings. The first-order valence-electron chi connectivity index (χ1n) is 8.15. The molecule has 4 nitrogen and oxygen atoms in total. The van der Waals surface area contributed by atoms with Crippen molar-refractivity contribution < 1.29 is 9.59 Å². The molecule has 1 heterocycles. The third-order valence-corrected chi connectivity index (χ3v) is 5.49. The van der Waals surface area contributed by atoms with Crippen molar-refractivity contribution in [3.05, 3.63) is 68.3 Å². The van der Waals surface area contributed by atoms with Crippen molar-refractivity contribution in [1.82, 2.24) is 10.2 Å². The van der Waals surface area contributed by atoms with Crippen LogP contribution >= 0.6 is 34.2 Å². The van der Waals surface area contributed by atoms with Gasteiger partial charge in [-0.1, -0.05) is 29.8 Å². The van der Waals surface area contributed by atoms with Crippen LogP contribution in [0.5, 0.6) is 0 Å². The molecule has 0 aliphatic carbocycles. The molecule has 1 N–H and O–H groups in total. The Morgan fingerprint density at radius 2 is 1.76 bits per heavy atom. The maximum Gasteiger partial charge on any atom is 0.253 e. The second-order valence-corrected chi connectivity index (χ2v) is 7.63. The number of piperidine rings is 1. The van der Waals surface area contributed by atoms with E-state index in [1.807, 2.05) is 41.3 Å². The van der Waals surface area contributed by atoms with Crippen LogP contribution in [-0.4, -0.2) is 35.8 Å². The predicted molar refractivity (Wildman–Crippen MR) is 107 cm³/mol. The van der Waals surface area contributed by atoms with Crippen molar-refractivity contribution in [3.8, 4) is 0 Å². The van der Waals surface area contributed by atoms with Crippen molar-refractivity contribution in [3.63, 3.8) is 0 Å². The minimum Gasteiger partial charge on any atom is -0.349 e. The van der Waals surface area contributed by atoms with Gasteiger partial charge in [0.15, 0.2) is 0 Å². The molecule has 3 rings (SSSR count). The van der Waals surface area contributed by atoms with E-state index in [0.717, 1.165) is 16.4 Å². The molecule has 1 fully saturated rings. The summed E-state index contributed by atoms with van der Waals surface area (Å²) in [5.74, 6) is -0.0606. The molecule has 0 saturated carbocycles. The quantitative estimate of drug-likeness (QED) is 0.693.